The lowest BCUT2D eigenvalue weighted by atomic mass is 10.2. The van der Waals surface area contributed by atoms with Gasteiger partial charge in [0.15, 0.2) is 0 Å². The molecule has 0 saturated heterocycles. The Bertz CT molecular complexity index is 505. The summed E-state index contributed by atoms with van der Waals surface area (Å²) < 4.78 is 0. The Morgan fingerprint density at radius 3 is 3.00 bits per heavy atom. The minimum Gasteiger partial charge on any atom is -0.397 e. The molecule has 0 bridgehead atoms. The van der Waals surface area contributed by atoms with Crippen molar-refractivity contribution in [1.29, 1.82) is 0 Å². The number of hydrogen-bond donors (Lipinski definition) is 2. The molecular formula is C13H17N3S. The average molecular weight is 247 g/mol. The fourth-order valence-electron chi connectivity index (χ4n) is 1.78. The van der Waals surface area contributed by atoms with Gasteiger partial charge >= 0.3 is 0 Å². The van der Waals surface area contributed by atoms with Crippen molar-refractivity contribution in [2.24, 2.45) is 0 Å². The molecular weight excluding hydrogens is 230 g/mol. The van der Waals surface area contributed by atoms with Crippen LogP contribution in [-0.4, -0.2) is 4.98 Å². The molecule has 2 aromatic rings. The number of aryl methyl sites for hydroxylation is 2. The highest BCUT2D eigenvalue weighted by atomic mass is 32.1. The van der Waals surface area contributed by atoms with Gasteiger partial charge in [0, 0.05) is 4.88 Å². The lowest BCUT2D eigenvalue weighted by Crippen LogP contribution is -2.04. The summed E-state index contributed by atoms with van der Waals surface area (Å²) in [7, 11) is 0. The zero-order valence-corrected chi connectivity index (χ0v) is 11.0. The largest absolute Gasteiger partial charge is 0.397 e. The number of thiophene rings is 1. The highest BCUT2D eigenvalue weighted by Gasteiger charge is 2.04. The van der Waals surface area contributed by atoms with E-state index >= 15 is 0 Å². The van der Waals surface area contributed by atoms with Crippen LogP contribution in [-0.2, 0) is 13.0 Å². The van der Waals surface area contributed by atoms with E-state index in [4.69, 9.17) is 5.73 Å². The van der Waals surface area contributed by atoms with Crippen LogP contribution in [0.4, 0.5) is 11.5 Å². The van der Waals surface area contributed by atoms with Gasteiger partial charge in [-0.1, -0.05) is 6.92 Å². The molecule has 0 spiro atoms. The normalized spacial score (nSPS) is 10.5. The molecule has 0 fully saturated rings. The van der Waals surface area contributed by atoms with Crippen LogP contribution in [0, 0.1) is 6.92 Å². The van der Waals surface area contributed by atoms with Gasteiger partial charge in [-0.25, -0.2) is 4.98 Å². The zero-order chi connectivity index (χ0) is 12.3. The minimum absolute atomic E-state index is 0.707. The Kier molecular flexibility index (Phi) is 3.64. The minimum atomic E-state index is 0.707. The van der Waals surface area contributed by atoms with Crippen molar-refractivity contribution in [3.05, 3.63) is 39.7 Å². The van der Waals surface area contributed by atoms with E-state index in [1.165, 1.54) is 10.4 Å². The molecule has 0 atom stereocenters. The van der Waals surface area contributed by atoms with E-state index in [2.05, 4.69) is 28.7 Å². The number of hydrogen-bond acceptors (Lipinski definition) is 4. The Morgan fingerprint density at radius 2 is 2.29 bits per heavy atom. The van der Waals surface area contributed by atoms with E-state index in [9.17, 15) is 0 Å². The molecule has 2 heterocycles. The Labute approximate surface area is 106 Å². The molecule has 0 aliphatic rings. The van der Waals surface area contributed by atoms with Gasteiger partial charge < -0.3 is 11.1 Å². The first-order valence-electron chi connectivity index (χ1n) is 5.72. The second kappa shape index (κ2) is 5.19. The molecule has 0 aromatic carbocycles. The van der Waals surface area contributed by atoms with E-state index in [0.717, 1.165) is 24.3 Å². The molecule has 2 aromatic heterocycles. The Morgan fingerprint density at radius 1 is 1.47 bits per heavy atom. The van der Waals surface area contributed by atoms with Crippen molar-refractivity contribution in [1.82, 2.24) is 4.98 Å². The van der Waals surface area contributed by atoms with E-state index in [1.807, 2.05) is 13.0 Å². The maximum absolute atomic E-state index is 5.68. The van der Waals surface area contributed by atoms with Crippen LogP contribution in [0.25, 0.3) is 0 Å². The molecule has 90 valence electrons. The Balaban J connectivity index is 2.07. The molecule has 4 heteroatoms. The van der Waals surface area contributed by atoms with Crippen LogP contribution in [0.3, 0.4) is 0 Å². The summed E-state index contributed by atoms with van der Waals surface area (Å²) in [6.45, 7) is 5.03. The zero-order valence-electron chi connectivity index (χ0n) is 10.2. The summed E-state index contributed by atoms with van der Waals surface area (Å²) in [5.74, 6) is 0.912. The van der Waals surface area contributed by atoms with Gasteiger partial charge in [-0.3, -0.25) is 0 Å². The lowest BCUT2D eigenvalue weighted by molar-refractivity contribution is 1.06. The van der Waals surface area contributed by atoms with E-state index in [1.54, 1.807) is 17.5 Å². The highest BCUT2D eigenvalue weighted by Crippen LogP contribution is 2.20. The second-order valence-electron chi connectivity index (χ2n) is 4.01. The molecule has 17 heavy (non-hydrogen) atoms. The average Bonchev–Trinajstić information content (AvgIpc) is 2.75. The van der Waals surface area contributed by atoms with Crippen molar-refractivity contribution in [3.8, 4) is 0 Å². The molecule has 0 aliphatic heterocycles. The van der Waals surface area contributed by atoms with Crippen LogP contribution in [0.15, 0.2) is 23.7 Å². The fourth-order valence-corrected chi connectivity index (χ4v) is 2.70. The molecule has 3 nitrogen and oxygen atoms in total. The number of nitrogens with zero attached hydrogens (tertiary/aromatic N) is 1. The summed E-state index contributed by atoms with van der Waals surface area (Å²) in [5, 5.41) is 5.50. The van der Waals surface area contributed by atoms with Crippen molar-refractivity contribution < 1.29 is 0 Å². The first-order valence-corrected chi connectivity index (χ1v) is 6.60. The van der Waals surface area contributed by atoms with Crippen molar-refractivity contribution in [2.75, 3.05) is 11.1 Å². The van der Waals surface area contributed by atoms with Crippen LogP contribution in [0.2, 0.25) is 0 Å². The van der Waals surface area contributed by atoms with E-state index in [0.29, 0.717) is 5.69 Å². The molecule has 0 saturated carbocycles. The predicted octanol–water partition coefficient (Wildman–Crippen LogP) is 3.21. The quantitative estimate of drug-likeness (QED) is 0.872. The third kappa shape index (κ3) is 2.77. The van der Waals surface area contributed by atoms with Crippen molar-refractivity contribution in [3.63, 3.8) is 0 Å². The predicted molar refractivity (Wildman–Crippen MR) is 74.4 cm³/mol. The fraction of sp³-hybridized carbons (Fsp3) is 0.308. The summed E-state index contributed by atoms with van der Waals surface area (Å²) in [6, 6.07) is 4.12. The van der Waals surface area contributed by atoms with E-state index < -0.39 is 0 Å². The van der Waals surface area contributed by atoms with Gasteiger partial charge in [-0.15, -0.1) is 11.3 Å². The topological polar surface area (TPSA) is 50.9 Å². The molecule has 3 N–H and O–H groups in total. The van der Waals surface area contributed by atoms with Crippen LogP contribution >= 0.6 is 11.3 Å². The number of nitrogens with one attached hydrogen (secondary N) is 1. The van der Waals surface area contributed by atoms with Crippen molar-refractivity contribution in [2.45, 2.75) is 26.8 Å². The summed E-state index contributed by atoms with van der Waals surface area (Å²) >= 11 is 1.79. The number of pyridine rings is 1. The van der Waals surface area contributed by atoms with Crippen LogP contribution in [0.5, 0.6) is 0 Å². The third-order valence-corrected chi connectivity index (χ3v) is 3.70. The van der Waals surface area contributed by atoms with Gasteiger partial charge in [0.1, 0.15) is 5.82 Å². The SMILES string of the molecule is CCc1ccsc1CNc1ncc(N)cc1C. The summed E-state index contributed by atoms with van der Waals surface area (Å²) in [5.41, 5.74) is 8.88. The van der Waals surface area contributed by atoms with Gasteiger partial charge in [0.2, 0.25) is 0 Å². The molecule has 0 radical (unpaired) electrons. The number of anilines is 2. The monoisotopic (exact) mass is 247 g/mol. The van der Waals surface area contributed by atoms with Crippen LogP contribution < -0.4 is 11.1 Å². The smallest absolute Gasteiger partial charge is 0.129 e. The lowest BCUT2D eigenvalue weighted by Gasteiger charge is -2.09. The van der Waals surface area contributed by atoms with Gasteiger partial charge in [0.05, 0.1) is 18.4 Å². The maximum atomic E-state index is 5.68. The number of rotatable bonds is 4. The second-order valence-corrected chi connectivity index (χ2v) is 5.01. The van der Waals surface area contributed by atoms with Gasteiger partial charge in [-0.2, -0.15) is 0 Å². The third-order valence-electron chi connectivity index (χ3n) is 2.73. The van der Waals surface area contributed by atoms with E-state index in [-0.39, 0.29) is 0 Å². The first kappa shape index (κ1) is 11.9. The summed E-state index contributed by atoms with van der Waals surface area (Å²) in [4.78, 5) is 5.68. The van der Waals surface area contributed by atoms with Gasteiger partial charge in [0.25, 0.3) is 0 Å². The number of nitrogens with two attached hydrogens (primary N) is 1. The molecule has 2 rings (SSSR count). The van der Waals surface area contributed by atoms with Crippen molar-refractivity contribution >= 4 is 22.8 Å². The molecule has 0 aliphatic carbocycles. The maximum Gasteiger partial charge on any atom is 0.129 e. The number of nitrogen functional groups attached to an aromatic ring is 1. The summed E-state index contributed by atoms with van der Waals surface area (Å²) in [6.07, 6.45) is 2.76. The molecule has 0 unspecified atom stereocenters. The number of aromatic nitrogens is 1. The molecule has 0 amide bonds. The standard InChI is InChI=1S/C13H17N3S/c1-3-10-4-5-17-12(10)8-16-13-9(2)6-11(14)7-15-13/h4-7H,3,8,14H2,1-2H3,(H,15,16). The van der Waals surface area contributed by atoms with Gasteiger partial charge in [-0.05, 0) is 42.0 Å². The van der Waals surface area contributed by atoms with Crippen LogP contribution in [0.1, 0.15) is 22.9 Å². The highest BCUT2D eigenvalue weighted by molar-refractivity contribution is 7.10. The Hall–Kier alpha value is -1.55. The first-order chi connectivity index (χ1) is 8.20.